The van der Waals surface area contributed by atoms with Crippen LogP contribution in [0.25, 0.3) is 0 Å². The van der Waals surface area contributed by atoms with Gasteiger partial charge in [0.1, 0.15) is 6.04 Å². The molecule has 1 atom stereocenters. The van der Waals surface area contributed by atoms with Gasteiger partial charge in [0.25, 0.3) is 0 Å². The molecule has 0 aromatic heterocycles. The first-order valence-electron chi connectivity index (χ1n) is 6.54. The summed E-state index contributed by atoms with van der Waals surface area (Å²) in [5.74, 6) is -0.539. The molecule has 5 nitrogen and oxygen atoms in total. The van der Waals surface area contributed by atoms with E-state index in [0.29, 0.717) is 12.8 Å². The Bertz CT molecular complexity index is 656. The summed E-state index contributed by atoms with van der Waals surface area (Å²) in [5.41, 5.74) is -0.623. The number of nitrogens with zero attached hydrogens (tertiary/aromatic N) is 1. The Kier molecular flexibility index (Phi) is 4.48. The van der Waals surface area contributed by atoms with Gasteiger partial charge in [-0.15, -0.1) is 0 Å². The highest BCUT2D eigenvalue weighted by molar-refractivity contribution is 7.88. The topological polar surface area (TPSA) is 66.5 Å². The van der Waals surface area contributed by atoms with E-state index in [0.717, 1.165) is 34.8 Å². The third-order valence-electron chi connectivity index (χ3n) is 3.41. The number of hydrogen-bond donors (Lipinski definition) is 1. The molecule has 1 fully saturated rings. The molecule has 0 saturated carbocycles. The fourth-order valence-electron chi connectivity index (χ4n) is 2.37. The quantitative estimate of drug-likeness (QED) is 0.919. The Morgan fingerprint density at radius 1 is 1.27 bits per heavy atom. The molecule has 1 heterocycles. The molecule has 1 saturated heterocycles. The summed E-state index contributed by atoms with van der Waals surface area (Å²) in [4.78, 5) is 12.1. The lowest BCUT2D eigenvalue weighted by Crippen LogP contribution is -2.42. The molecule has 0 spiro atoms. The van der Waals surface area contributed by atoms with Crippen LogP contribution in [0, 0.1) is 0 Å². The molecule has 122 valence electrons. The van der Waals surface area contributed by atoms with Crippen LogP contribution in [0.4, 0.5) is 18.9 Å². The standard InChI is InChI=1S/C13H15F3N2O3S/c1-22(20,21)18-8-2-3-11(18)12(19)17-10-6-4-9(5-7-10)13(14,15)16/h4-7,11H,2-3,8H2,1H3,(H,17,19)/t11-/m1/s1. The van der Waals surface area contributed by atoms with Gasteiger partial charge in [0.05, 0.1) is 11.8 Å². The molecule has 1 amide bonds. The van der Waals surface area contributed by atoms with Gasteiger partial charge in [-0.2, -0.15) is 17.5 Å². The smallest absolute Gasteiger partial charge is 0.325 e. The third-order valence-corrected chi connectivity index (χ3v) is 4.70. The summed E-state index contributed by atoms with van der Waals surface area (Å²) in [6.45, 7) is 0.268. The lowest BCUT2D eigenvalue weighted by atomic mass is 10.2. The first-order chi connectivity index (χ1) is 10.1. The zero-order valence-electron chi connectivity index (χ0n) is 11.7. The average Bonchev–Trinajstić information content (AvgIpc) is 2.87. The van der Waals surface area contributed by atoms with E-state index in [-0.39, 0.29) is 12.2 Å². The molecule has 0 unspecified atom stereocenters. The zero-order valence-corrected chi connectivity index (χ0v) is 12.5. The molecular formula is C13H15F3N2O3S. The molecule has 2 rings (SSSR count). The molecular weight excluding hydrogens is 321 g/mol. The van der Waals surface area contributed by atoms with Gasteiger partial charge in [0, 0.05) is 12.2 Å². The van der Waals surface area contributed by atoms with E-state index in [1.807, 2.05) is 0 Å². The van der Waals surface area contributed by atoms with Gasteiger partial charge >= 0.3 is 6.18 Å². The van der Waals surface area contributed by atoms with E-state index < -0.39 is 33.7 Å². The van der Waals surface area contributed by atoms with E-state index in [2.05, 4.69) is 5.32 Å². The van der Waals surface area contributed by atoms with Crippen molar-refractivity contribution in [3.8, 4) is 0 Å². The van der Waals surface area contributed by atoms with E-state index >= 15 is 0 Å². The van der Waals surface area contributed by atoms with Crippen molar-refractivity contribution in [2.24, 2.45) is 0 Å². The fraction of sp³-hybridized carbons (Fsp3) is 0.462. The van der Waals surface area contributed by atoms with Crippen LogP contribution in [0.5, 0.6) is 0 Å². The van der Waals surface area contributed by atoms with Crippen LogP contribution in [-0.4, -0.2) is 37.5 Å². The number of benzene rings is 1. The normalized spacial score (nSPS) is 20.1. The van der Waals surface area contributed by atoms with Crippen molar-refractivity contribution in [1.82, 2.24) is 4.31 Å². The van der Waals surface area contributed by atoms with Crippen molar-refractivity contribution in [2.45, 2.75) is 25.1 Å². The fourth-order valence-corrected chi connectivity index (χ4v) is 3.49. The summed E-state index contributed by atoms with van der Waals surface area (Å²) in [5, 5.41) is 2.45. The second kappa shape index (κ2) is 5.88. The van der Waals surface area contributed by atoms with Crippen LogP contribution >= 0.6 is 0 Å². The van der Waals surface area contributed by atoms with Crippen molar-refractivity contribution in [2.75, 3.05) is 18.1 Å². The summed E-state index contributed by atoms with van der Waals surface area (Å²) in [6, 6.07) is 3.18. The Labute approximate surface area is 126 Å². The van der Waals surface area contributed by atoms with Crippen molar-refractivity contribution in [3.05, 3.63) is 29.8 Å². The number of nitrogens with one attached hydrogen (secondary N) is 1. The minimum atomic E-state index is -4.44. The summed E-state index contributed by atoms with van der Waals surface area (Å²) < 4.78 is 61.6. The van der Waals surface area contributed by atoms with Crippen LogP contribution in [0.15, 0.2) is 24.3 Å². The lowest BCUT2D eigenvalue weighted by Gasteiger charge is -2.21. The van der Waals surface area contributed by atoms with Crippen LogP contribution in [-0.2, 0) is 21.0 Å². The van der Waals surface area contributed by atoms with Gasteiger partial charge in [-0.25, -0.2) is 8.42 Å². The van der Waals surface area contributed by atoms with Crippen molar-refractivity contribution in [1.29, 1.82) is 0 Å². The Morgan fingerprint density at radius 3 is 2.36 bits per heavy atom. The number of halogens is 3. The lowest BCUT2D eigenvalue weighted by molar-refractivity contribution is -0.137. The van der Waals surface area contributed by atoms with E-state index in [1.165, 1.54) is 0 Å². The predicted octanol–water partition coefficient (Wildman–Crippen LogP) is 2.07. The molecule has 1 aliphatic rings. The first kappa shape index (κ1) is 16.8. The monoisotopic (exact) mass is 336 g/mol. The molecule has 1 aromatic rings. The zero-order chi connectivity index (χ0) is 16.5. The minimum Gasteiger partial charge on any atom is -0.325 e. The van der Waals surface area contributed by atoms with Crippen LogP contribution in [0.1, 0.15) is 18.4 Å². The molecule has 0 radical (unpaired) electrons. The van der Waals surface area contributed by atoms with Gasteiger partial charge in [-0.05, 0) is 37.1 Å². The second-order valence-electron chi connectivity index (χ2n) is 5.10. The Hall–Kier alpha value is -1.61. The van der Waals surface area contributed by atoms with E-state index in [1.54, 1.807) is 0 Å². The number of carbonyl (C=O) groups is 1. The molecule has 22 heavy (non-hydrogen) atoms. The summed E-state index contributed by atoms with van der Waals surface area (Å²) >= 11 is 0. The maximum absolute atomic E-state index is 12.4. The minimum absolute atomic E-state index is 0.193. The molecule has 1 N–H and O–H groups in total. The number of rotatable bonds is 3. The SMILES string of the molecule is CS(=O)(=O)N1CCC[C@@H]1C(=O)Nc1ccc(C(F)(F)F)cc1. The second-order valence-corrected chi connectivity index (χ2v) is 7.03. The van der Waals surface area contributed by atoms with E-state index in [9.17, 15) is 26.4 Å². The van der Waals surface area contributed by atoms with Crippen LogP contribution < -0.4 is 5.32 Å². The van der Waals surface area contributed by atoms with Crippen LogP contribution in [0.3, 0.4) is 0 Å². The average molecular weight is 336 g/mol. The van der Waals surface area contributed by atoms with Crippen molar-refractivity contribution < 1.29 is 26.4 Å². The van der Waals surface area contributed by atoms with Gasteiger partial charge in [0.2, 0.25) is 15.9 Å². The largest absolute Gasteiger partial charge is 0.416 e. The Balaban J connectivity index is 2.09. The number of alkyl halides is 3. The highest BCUT2D eigenvalue weighted by Crippen LogP contribution is 2.30. The molecule has 1 aliphatic heterocycles. The number of sulfonamides is 1. The highest BCUT2D eigenvalue weighted by atomic mass is 32.2. The van der Waals surface area contributed by atoms with Gasteiger partial charge in [-0.3, -0.25) is 4.79 Å². The number of carbonyl (C=O) groups excluding carboxylic acids is 1. The van der Waals surface area contributed by atoms with Crippen molar-refractivity contribution in [3.63, 3.8) is 0 Å². The number of anilines is 1. The highest BCUT2D eigenvalue weighted by Gasteiger charge is 2.36. The number of hydrogen-bond acceptors (Lipinski definition) is 3. The first-order valence-corrected chi connectivity index (χ1v) is 8.39. The predicted molar refractivity (Wildman–Crippen MR) is 74.6 cm³/mol. The van der Waals surface area contributed by atoms with Crippen LogP contribution in [0.2, 0.25) is 0 Å². The maximum atomic E-state index is 12.4. The summed E-state index contributed by atoms with van der Waals surface area (Å²) in [7, 11) is -3.49. The van der Waals surface area contributed by atoms with Crippen molar-refractivity contribution >= 4 is 21.6 Å². The van der Waals surface area contributed by atoms with Gasteiger partial charge in [-0.1, -0.05) is 0 Å². The molecule has 9 heteroatoms. The number of amides is 1. The molecule has 1 aromatic carbocycles. The van der Waals surface area contributed by atoms with E-state index in [4.69, 9.17) is 0 Å². The third kappa shape index (κ3) is 3.77. The maximum Gasteiger partial charge on any atom is 0.416 e. The molecule has 0 aliphatic carbocycles. The molecule has 0 bridgehead atoms. The Morgan fingerprint density at radius 2 is 1.86 bits per heavy atom. The van der Waals surface area contributed by atoms with Gasteiger partial charge < -0.3 is 5.32 Å². The summed E-state index contributed by atoms with van der Waals surface area (Å²) in [6.07, 6.45) is -2.46. The van der Waals surface area contributed by atoms with Gasteiger partial charge in [0.15, 0.2) is 0 Å².